The highest BCUT2D eigenvalue weighted by molar-refractivity contribution is 5.92. The van der Waals surface area contributed by atoms with Crippen molar-refractivity contribution in [3.8, 4) is 0 Å². The Morgan fingerprint density at radius 1 is 1.45 bits per heavy atom. The number of carbonyl (C=O) groups excluding carboxylic acids is 1. The Bertz CT molecular complexity index is 441. The highest BCUT2D eigenvalue weighted by atomic mass is 16.5. The fourth-order valence-electron chi connectivity index (χ4n) is 1.86. The van der Waals surface area contributed by atoms with E-state index in [0.717, 1.165) is 18.9 Å². The minimum absolute atomic E-state index is 0.201. The second-order valence-corrected chi connectivity index (χ2v) is 5.09. The lowest BCUT2D eigenvalue weighted by atomic mass is 10.2. The molecule has 20 heavy (non-hydrogen) atoms. The quantitative estimate of drug-likeness (QED) is 0.583. The van der Waals surface area contributed by atoms with Gasteiger partial charge in [0.05, 0.1) is 6.61 Å². The number of anilines is 1. The number of aromatic nitrogens is 2. The molecule has 0 amide bonds. The zero-order valence-electron chi connectivity index (χ0n) is 12.8. The molecule has 0 unspecified atom stereocenters. The number of nitrogen functional groups attached to an aromatic ring is 1. The molecule has 0 fully saturated rings. The van der Waals surface area contributed by atoms with Gasteiger partial charge >= 0.3 is 5.97 Å². The monoisotopic (exact) mass is 283 g/mol. The molecule has 0 spiro atoms. The van der Waals surface area contributed by atoms with E-state index >= 15 is 0 Å². The van der Waals surface area contributed by atoms with E-state index in [9.17, 15) is 4.79 Å². The maximum Gasteiger partial charge on any atom is 0.360 e. The lowest BCUT2D eigenvalue weighted by Crippen LogP contribution is -2.11. The van der Waals surface area contributed by atoms with Crippen molar-refractivity contribution in [2.45, 2.75) is 40.7 Å². The number of aryl methyl sites for hydroxylation is 1. The first-order valence-corrected chi connectivity index (χ1v) is 7.04. The Morgan fingerprint density at radius 3 is 2.75 bits per heavy atom. The van der Waals surface area contributed by atoms with Crippen LogP contribution in [0, 0.1) is 12.8 Å². The molecule has 6 nitrogen and oxygen atoms in total. The Labute approximate surface area is 120 Å². The van der Waals surface area contributed by atoms with E-state index in [-0.39, 0.29) is 5.69 Å². The van der Waals surface area contributed by atoms with Crippen LogP contribution in [0.15, 0.2) is 0 Å². The minimum Gasteiger partial charge on any atom is -0.461 e. The topological polar surface area (TPSA) is 79.4 Å². The van der Waals surface area contributed by atoms with Gasteiger partial charge in [-0.25, -0.2) is 9.78 Å². The summed E-state index contributed by atoms with van der Waals surface area (Å²) in [6.07, 6.45) is 0.830. The van der Waals surface area contributed by atoms with Gasteiger partial charge in [0.15, 0.2) is 5.69 Å². The van der Waals surface area contributed by atoms with Crippen LogP contribution in [-0.2, 0) is 16.0 Å². The van der Waals surface area contributed by atoms with Gasteiger partial charge in [0.1, 0.15) is 11.6 Å². The van der Waals surface area contributed by atoms with Crippen LogP contribution in [0.4, 0.5) is 5.82 Å². The predicted molar refractivity (Wildman–Crippen MR) is 77.6 cm³/mol. The molecule has 0 aliphatic carbocycles. The van der Waals surface area contributed by atoms with Crippen molar-refractivity contribution in [3.63, 3.8) is 0 Å². The first-order chi connectivity index (χ1) is 9.47. The van der Waals surface area contributed by atoms with Gasteiger partial charge in [0.25, 0.3) is 0 Å². The number of ether oxygens (including phenoxy) is 2. The van der Waals surface area contributed by atoms with Crippen molar-refractivity contribution < 1.29 is 14.3 Å². The Balaban J connectivity index is 2.56. The number of rotatable bonds is 8. The fraction of sp³-hybridized carbons (Fsp3) is 0.714. The maximum absolute atomic E-state index is 11.7. The number of nitrogens with zero attached hydrogens (tertiary/aromatic N) is 2. The largest absolute Gasteiger partial charge is 0.461 e. The molecule has 0 radical (unpaired) electrons. The van der Waals surface area contributed by atoms with Crippen molar-refractivity contribution in [2.24, 2.45) is 5.92 Å². The van der Waals surface area contributed by atoms with Crippen molar-refractivity contribution in [1.29, 1.82) is 0 Å². The lowest BCUT2D eigenvalue weighted by Gasteiger charge is -2.09. The predicted octanol–water partition coefficient (Wildman–Crippen LogP) is 2.01. The first-order valence-electron chi connectivity index (χ1n) is 7.04. The lowest BCUT2D eigenvalue weighted by molar-refractivity contribution is 0.0521. The molecule has 2 N–H and O–H groups in total. The third-order valence-electron chi connectivity index (χ3n) is 2.79. The standard InChI is InChI=1S/C14H25N3O3/c1-5-20-14(18)12-13(15)17(11(4)16-12)7-6-8-19-9-10(2)3/h10H,5-9,15H2,1-4H3. The third kappa shape index (κ3) is 4.52. The molecule has 1 heterocycles. The summed E-state index contributed by atoms with van der Waals surface area (Å²) >= 11 is 0. The van der Waals surface area contributed by atoms with E-state index in [1.165, 1.54) is 0 Å². The number of nitrogens with two attached hydrogens (primary N) is 1. The van der Waals surface area contributed by atoms with Crippen LogP contribution < -0.4 is 5.73 Å². The Hall–Kier alpha value is -1.56. The van der Waals surface area contributed by atoms with Gasteiger partial charge in [0, 0.05) is 19.8 Å². The summed E-state index contributed by atoms with van der Waals surface area (Å²) in [5.74, 6) is 1.15. The molecule has 1 aromatic rings. The summed E-state index contributed by atoms with van der Waals surface area (Å²) in [5, 5.41) is 0. The number of hydrogen-bond acceptors (Lipinski definition) is 5. The van der Waals surface area contributed by atoms with Crippen LogP contribution in [-0.4, -0.2) is 35.3 Å². The molecule has 0 aliphatic heterocycles. The van der Waals surface area contributed by atoms with Crippen molar-refractivity contribution in [3.05, 3.63) is 11.5 Å². The zero-order chi connectivity index (χ0) is 15.1. The van der Waals surface area contributed by atoms with Gasteiger partial charge in [0.2, 0.25) is 0 Å². The highest BCUT2D eigenvalue weighted by Crippen LogP contribution is 2.16. The van der Waals surface area contributed by atoms with Crippen molar-refractivity contribution in [1.82, 2.24) is 9.55 Å². The minimum atomic E-state index is -0.470. The normalized spacial score (nSPS) is 11.1. The van der Waals surface area contributed by atoms with E-state index < -0.39 is 5.97 Å². The number of imidazole rings is 1. The molecular weight excluding hydrogens is 258 g/mol. The van der Waals surface area contributed by atoms with Crippen LogP contribution in [0.25, 0.3) is 0 Å². The SMILES string of the molecule is CCOC(=O)c1nc(C)n(CCCOCC(C)C)c1N. The summed E-state index contributed by atoms with van der Waals surface area (Å²) in [6, 6.07) is 0. The van der Waals surface area contributed by atoms with Crippen LogP contribution in [0.1, 0.15) is 43.5 Å². The van der Waals surface area contributed by atoms with Crippen LogP contribution in [0.2, 0.25) is 0 Å². The summed E-state index contributed by atoms with van der Waals surface area (Å²) in [6.45, 7) is 10.2. The number of esters is 1. The van der Waals surface area contributed by atoms with Crippen LogP contribution in [0.3, 0.4) is 0 Å². The summed E-state index contributed by atoms with van der Waals surface area (Å²) in [5.41, 5.74) is 6.16. The van der Waals surface area contributed by atoms with Crippen LogP contribution in [0.5, 0.6) is 0 Å². The van der Waals surface area contributed by atoms with Gasteiger partial charge in [-0.1, -0.05) is 13.8 Å². The number of carbonyl (C=O) groups is 1. The van der Waals surface area contributed by atoms with Crippen molar-refractivity contribution in [2.75, 3.05) is 25.6 Å². The summed E-state index contributed by atoms with van der Waals surface area (Å²) in [7, 11) is 0. The van der Waals surface area contributed by atoms with E-state index in [1.807, 2.05) is 11.5 Å². The first kappa shape index (κ1) is 16.5. The molecular formula is C14H25N3O3. The van der Waals surface area contributed by atoms with Crippen molar-refractivity contribution >= 4 is 11.8 Å². The van der Waals surface area contributed by atoms with E-state index in [0.29, 0.717) is 31.5 Å². The molecule has 0 bridgehead atoms. The molecule has 0 aliphatic rings. The van der Waals surface area contributed by atoms with Gasteiger partial charge < -0.3 is 19.8 Å². The smallest absolute Gasteiger partial charge is 0.360 e. The van der Waals surface area contributed by atoms with Gasteiger partial charge in [-0.3, -0.25) is 0 Å². The maximum atomic E-state index is 11.7. The highest BCUT2D eigenvalue weighted by Gasteiger charge is 2.19. The molecule has 6 heteroatoms. The Morgan fingerprint density at radius 2 is 2.15 bits per heavy atom. The van der Waals surface area contributed by atoms with Gasteiger partial charge in [-0.15, -0.1) is 0 Å². The van der Waals surface area contributed by atoms with E-state index in [1.54, 1.807) is 6.92 Å². The summed E-state index contributed by atoms with van der Waals surface area (Å²) in [4.78, 5) is 15.9. The average Bonchev–Trinajstić information content (AvgIpc) is 2.65. The third-order valence-corrected chi connectivity index (χ3v) is 2.79. The average molecular weight is 283 g/mol. The molecule has 1 aromatic heterocycles. The fourth-order valence-corrected chi connectivity index (χ4v) is 1.86. The van der Waals surface area contributed by atoms with Gasteiger partial charge in [-0.2, -0.15) is 0 Å². The molecule has 1 rings (SSSR count). The van der Waals surface area contributed by atoms with Crippen LogP contribution >= 0.6 is 0 Å². The van der Waals surface area contributed by atoms with E-state index in [2.05, 4.69) is 18.8 Å². The molecule has 0 saturated carbocycles. The Kier molecular flexibility index (Phi) is 6.51. The molecule has 114 valence electrons. The second kappa shape index (κ2) is 7.89. The molecule has 0 aromatic carbocycles. The van der Waals surface area contributed by atoms with Gasteiger partial charge in [-0.05, 0) is 26.2 Å². The zero-order valence-corrected chi connectivity index (χ0v) is 12.8. The number of hydrogen-bond donors (Lipinski definition) is 1. The molecule has 0 atom stereocenters. The van der Waals surface area contributed by atoms with E-state index in [4.69, 9.17) is 15.2 Å². The molecule has 0 saturated heterocycles. The second-order valence-electron chi connectivity index (χ2n) is 5.09. The summed E-state index contributed by atoms with van der Waals surface area (Å²) < 4.78 is 12.3.